The van der Waals surface area contributed by atoms with E-state index in [0.717, 1.165) is 16.6 Å². The molecule has 0 aliphatic rings. The Labute approximate surface area is 105 Å². The van der Waals surface area contributed by atoms with Gasteiger partial charge >= 0.3 is 0 Å². The van der Waals surface area contributed by atoms with E-state index < -0.39 is 0 Å². The van der Waals surface area contributed by atoms with Gasteiger partial charge in [-0.1, -0.05) is 24.3 Å². The molecular formula is C14H13N3O. The summed E-state index contributed by atoms with van der Waals surface area (Å²) in [4.78, 5) is 8.67. The van der Waals surface area contributed by atoms with Crippen molar-refractivity contribution in [2.24, 2.45) is 0 Å². The minimum Gasteiger partial charge on any atom is -0.388 e. The molecule has 4 heteroatoms. The molecule has 0 bridgehead atoms. The van der Waals surface area contributed by atoms with Gasteiger partial charge in [0, 0.05) is 17.8 Å². The summed E-state index contributed by atoms with van der Waals surface area (Å²) in [6.07, 6.45) is 3.54. The fraction of sp³-hybridized carbons (Fsp3) is 0.143. The van der Waals surface area contributed by atoms with Gasteiger partial charge in [-0.2, -0.15) is 0 Å². The van der Waals surface area contributed by atoms with E-state index in [0.29, 0.717) is 12.4 Å². The van der Waals surface area contributed by atoms with Crippen LogP contribution in [0, 0.1) is 0 Å². The molecule has 3 rings (SSSR count). The van der Waals surface area contributed by atoms with Gasteiger partial charge in [-0.05, 0) is 12.1 Å². The number of fused-ring (bicyclic) bond motifs is 1. The molecule has 0 saturated heterocycles. The van der Waals surface area contributed by atoms with Crippen molar-refractivity contribution in [2.45, 2.75) is 13.2 Å². The second kappa shape index (κ2) is 4.58. The lowest BCUT2D eigenvalue weighted by Crippen LogP contribution is -2.05. The molecule has 3 aromatic rings. The summed E-state index contributed by atoms with van der Waals surface area (Å²) in [5.41, 5.74) is 1.95. The SMILES string of the molecule is OCc1nccn1Cc1ccc2ccccc2n1. The zero-order valence-electron chi connectivity index (χ0n) is 9.82. The third-order valence-corrected chi connectivity index (χ3v) is 2.93. The summed E-state index contributed by atoms with van der Waals surface area (Å²) in [6, 6.07) is 12.1. The van der Waals surface area contributed by atoms with E-state index in [-0.39, 0.29) is 6.61 Å². The normalized spacial score (nSPS) is 10.9. The van der Waals surface area contributed by atoms with Crippen LogP contribution in [-0.2, 0) is 13.2 Å². The lowest BCUT2D eigenvalue weighted by atomic mass is 10.2. The Hall–Kier alpha value is -2.20. The molecule has 0 unspecified atom stereocenters. The van der Waals surface area contributed by atoms with Crippen molar-refractivity contribution in [2.75, 3.05) is 0 Å². The highest BCUT2D eigenvalue weighted by molar-refractivity contribution is 5.78. The van der Waals surface area contributed by atoms with Gasteiger partial charge in [0.15, 0.2) is 0 Å². The lowest BCUT2D eigenvalue weighted by molar-refractivity contribution is 0.266. The van der Waals surface area contributed by atoms with Crippen molar-refractivity contribution >= 4 is 10.9 Å². The molecule has 2 heterocycles. The molecule has 0 spiro atoms. The number of rotatable bonds is 3. The van der Waals surface area contributed by atoms with Crippen molar-refractivity contribution in [1.82, 2.24) is 14.5 Å². The quantitative estimate of drug-likeness (QED) is 0.760. The van der Waals surface area contributed by atoms with E-state index in [4.69, 9.17) is 5.11 Å². The molecule has 1 aromatic carbocycles. The monoisotopic (exact) mass is 239 g/mol. The fourth-order valence-corrected chi connectivity index (χ4v) is 2.01. The van der Waals surface area contributed by atoms with E-state index >= 15 is 0 Å². The van der Waals surface area contributed by atoms with E-state index in [1.807, 2.05) is 41.1 Å². The first-order valence-electron chi connectivity index (χ1n) is 5.82. The fourth-order valence-electron chi connectivity index (χ4n) is 2.01. The van der Waals surface area contributed by atoms with Crippen LogP contribution >= 0.6 is 0 Å². The Kier molecular flexibility index (Phi) is 2.78. The molecule has 0 saturated carbocycles. The summed E-state index contributed by atoms with van der Waals surface area (Å²) in [5, 5.41) is 10.3. The minimum atomic E-state index is -0.0550. The third-order valence-electron chi connectivity index (χ3n) is 2.93. The highest BCUT2D eigenvalue weighted by Gasteiger charge is 2.03. The summed E-state index contributed by atoms with van der Waals surface area (Å²) < 4.78 is 1.90. The van der Waals surface area contributed by atoms with Crippen LogP contribution in [-0.4, -0.2) is 19.6 Å². The summed E-state index contributed by atoms with van der Waals surface area (Å²) in [5.74, 6) is 0.657. The van der Waals surface area contributed by atoms with Crippen molar-refractivity contribution in [3.63, 3.8) is 0 Å². The maximum atomic E-state index is 9.15. The molecule has 1 N–H and O–H groups in total. The van der Waals surface area contributed by atoms with Crippen molar-refractivity contribution in [3.8, 4) is 0 Å². The highest BCUT2D eigenvalue weighted by Crippen LogP contribution is 2.13. The molecule has 18 heavy (non-hydrogen) atoms. The summed E-state index contributed by atoms with van der Waals surface area (Å²) in [6.45, 7) is 0.571. The van der Waals surface area contributed by atoms with Gasteiger partial charge in [0.2, 0.25) is 0 Å². The van der Waals surface area contributed by atoms with Crippen LogP contribution in [0.15, 0.2) is 48.8 Å². The first-order chi connectivity index (χ1) is 8.86. The average Bonchev–Trinajstić information content (AvgIpc) is 2.86. The predicted molar refractivity (Wildman–Crippen MR) is 69.0 cm³/mol. The lowest BCUT2D eigenvalue weighted by Gasteiger charge is -2.06. The van der Waals surface area contributed by atoms with Crippen LogP contribution in [0.4, 0.5) is 0 Å². The molecule has 2 aromatic heterocycles. The number of imidazole rings is 1. The number of nitrogens with zero attached hydrogens (tertiary/aromatic N) is 3. The van der Waals surface area contributed by atoms with Gasteiger partial charge in [-0.3, -0.25) is 4.98 Å². The standard InChI is InChI=1S/C14H13N3O/c18-10-14-15-7-8-17(14)9-12-6-5-11-3-1-2-4-13(11)16-12/h1-8,18H,9-10H2. The topological polar surface area (TPSA) is 50.9 Å². The molecule has 0 aliphatic heterocycles. The number of para-hydroxylation sites is 1. The van der Waals surface area contributed by atoms with E-state index in [1.165, 1.54) is 0 Å². The first-order valence-corrected chi connectivity index (χ1v) is 5.82. The second-order valence-electron chi connectivity index (χ2n) is 4.12. The number of aliphatic hydroxyl groups excluding tert-OH is 1. The van der Waals surface area contributed by atoms with E-state index in [9.17, 15) is 0 Å². The molecule has 0 amide bonds. The smallest absolute Gasteiger partial charge is 0.134 e. The number of benzene rings is 1. The molecular weight excluding hydrogens is 226 g/mol. The summed E-state index contributed by atoms with van der Waals surface area (Å²) >= 11 is 0. The van der Waals surface area contributed by atoms with Crippen LogP contribution in [0.5, 0.6) is 0 Å². The van der Waals surface area contributed by atoms with Gasteiger partial charge in [0.25, 0.3) is 0 Å². The highest BCUT2D eigenvalue weighted by atomic mass is 16.3. The first kappa shape index (κ1) is 10.9. The van der Waals surface area contributed by atoms with Gasteiger partial charge in [0.05, 0.1) is 17.8 Å². The van der Waals surface area contributed by atoms with E-state index in [1.54, 1.807) is 6.20 Å². The molecule has 90 valence electrons. The molecule has 0 atom stereocenters. The largest absolute Gasteiger partial charge is 0.388 e. The van der Waals surface area contributed by atoms with Crippen LogP contribution in [0.1, 0.15) is 11.5 Å². The number of aromatic nitrogens is 3. The van der Waals surface area contributed by atoms with Gasteiger partial charge in [-0.25, -0.2) is 4.98 Å². The zero-order valence-corrected chi connectivity index (χ0v) is 9.82. The maximum Gasteiger partial charge on any atom is 0.134 e. The van der Waals surface area contributed by atoms with Crippen LogP contribution in [0.3, 0.4) is 0 Å². The van der Waals surface area contributed by atoms with Gasteiger partial charge in [0.1, 0.15) is 12.4 Å². The molecule has 0 aliphatic carbocycles. The maximum absolute atomic E-state index is 9.15. The Bertz CT molecular complexity index is 675. The van der Waals surface area contributed by atoms with E-state index in [2.05, 4.69) is 16.0 Å². The Morgan fingerprint density at radius 3 is 2.89 bits per heavy atom. The van der Waals surface area contributed by atoms with Crippen LogP contribution in [0.2, 0.25) is 0 Å². The van der Waals surface area contributed by atoms with Crippen LogP contribution < -0.4 is 0 Å². The average molecular weight is 239 g/mol. The predicted octanol–water partition coefficient (Wildman–Crippen LogP) is 1.97. The van der Waals surface area contributed by atoms with Gasteiger partial charge < -0.3 is 9.67 Å². The summed E-state index contributed by atoms with van der Waals surface area (Å²) in [7, 11) is 0. The van der Waals surface area contributed by atoms with Gasteiger partial charge in [-0.15, -0.1) is 0 Å². The van der Waals surface area contributed by atoms with Crippen molar-refractivity contribution in [3.05, 3.63) is 60.3 Å². The van der Waals surface area contributed by atoms with Crippen LogP contribution in [0.25, 0.3) is 10.9 Å². The Balaban J connectivity index is 1.95. The Morgan fingerprint density at radius 2 is 2.00 bits per heavy atom. The third kappa shape index (κ3) is 1.98. The number of pyridine rings is 1. The number of hydrogen-bond donors (Lipinski definition) is 1. The van der Waals surface area contributed by atoms with Crippen molar-refractivity contribution < 1.29 is 5.11 Å². The molecule has 0 fully saturated rings. The van der Waals surface area contributed by atoms with Crippen molar-refractivity contribution in [1.29, 1.82) is 0 Å². The Morgan fingerprint density at radius 1 is 1.11 bits per heavy atom. The zero-order chi connectivity index (χ0) is 12.4. The second-order valence-corrected chi connectivity index (χ2v) is 4.12. The number of aliphatic hydroxyl groups is 1. The molecule has 4 nitrogen and oxygen atoms in total. The molecule has 0 radical (unpaired) electrons. The minimum absolute atomic E-state index is 0.0550. The number of hydrogen-bond acceptors (Lipinski definition) is 3.